The predicted octanol–water partition coefficient (Wildman–Crippen LogP) is 6.97. The Morgan fingerprint density at radius 2 is 1.18 bits per heavy atom. The van der Waals surface area contributed by atoms with E-state index in [4.69, 9.17) is 0 Å². The molecule has 146 valence electrons. The molecule has 2 aliphatic carbocycles. The van der Waals surface area contributed by atoms with Crippen molar-refractivity contribution in [3.8, 4) is 11.8 Å². The zero-order valence-corrected chi connectivity index (χ0v) is 16.0. The molecule has 0 radical (unpaired) electrons. The maximum Gasteiger partial charge on any atom is 0.194 e. The smallest absolute Gasteiger partial charge is 0.194 e. The molecule has 0 amide bonds. The molecule has 0 aliphatic heterocycles. The molecule has 0 bridgehead atoms. The SMILES string of the molecule is Fc1cc(C#Cc2ccc(C3CCC(C4CCCC4)CC3)cc2)cc(F)c1F. The third-order valence-electron chi connectivity index (χ3n) is 6.56. The van der Waals surface area contributed by atoms with Gasteiger partial charge in [-0.2, -0.15) is 0 Å². The van der Waals surface area contributed by atoms with Crippen LogP contribution in [0.1, 0.15) is 74.0 Å². The molecular weight excluding hydrogens is 357 g/mol. The highest BCUT2D eigenvalue weighted by Gasteiger charge is 2.29. The Balaban J connectivity index is 1.38. The van der Waals surface area contributed by atoms with Crippen LogP contribution >= 0.6 is 0 Å². The standard InChI is InChI=1S/C25H25F3/c26-23-15-18(16-24(27)25(23)28)6-5-17-7-9-20(10-8-17)22-13-11-21(12-14-22)19-3-1-2-4-19/h7-10,15-16,19,21-22H,1-4,11-14H2. The van der Waals surface area contributed by atoms with Crippen LogP contribution in [0, 0.1) is 41.1 Å². The summed E-state index contributed by atoms with van der Waals surface area (Å²) in [4.78, 5) is 0. The summed E-state index contributed by atoms with van der Waals surface area (Å²) in [6.07, 6.45) is 10.9. The van der Waals surface area contributed by atoms with Gasteiger partial charge >= 0.3 is 0 Å². The Hall–Kier alpha value is -2.21. The van der Waals surface area contributed by atoms with Crippen LogP contribution in [0.3, 0.4) is 0 Å². The van der Waals surface area contributed by atoms with Gasteiger partial charge in [0, 0.05) is 11.1 Å². The molecule has 0 N–H and O–H groups in total. The van der Waals surface area contributed by atoms with Gasteiger partial charge < -0.3 is 0 Å². The van der Waals surface area contributed by atoms with Crippen LogP contribution < -0.4 is 0 Å². The Morgan fingerprint density at radius 3 is 1.79 bits per heavy atom. The summed E-state index contributed by atoms with van der Waals surface area (Å²) in [7, 11) is 0. The van der Waals surface area contributed by atoms with Gasteiger partial charge in [0.2, 0.25) is 0 Å². The lowest BCUT2D eigenvalue weighted by molar-refractivity contribution is 0.235. The molecule has 2 aromatic carbocycles. The molecule has 0 nitrogen and oxygen atoms in total. The van der Waals surface area contributed by atoms with E-state index in [9.17, 15) is 13.2 Å². The van der Waals surface area contributed by atoms with Crippen LogP contribution in [0.25, 0.3) is 0 Å². The second-order valence-corrected chi connectivity index (χ2v) is 8.28. The zero-order chi connectivity index (χ0) is 19.5. The van der Waals surface area contributed by atoms with Gasteiger partial charge in [-0.1, -0.05) is 49.7 Å². The molecule has 3 heteroatoms. The molecule has 2 fully saturated rings. The molecule has 0 heterocycles. The molecule has 2 aromatic rings. The van der Waals surface area contributed by atoms with E-state index < -0.39 is 17.5 Å². The van der Waals surface area contributed by atoms with E-state index in [2.05, 4.69) is 24.0 Å². The fraction of sp³-hybridized carbons (Fsp3) is 0.440. The first-order valence-electron chi connectivity index (χ1n) is 10.4. The molecule has 0 unspecified atom stereocenters. The van der Waals surface area contributed by atoms with Crippen molar-refractivity contribution >= 4 is 0 Å². The molecule has 0 saturated heterocycles. The molecule has 2 saturated carbocycles. The highest BCUT2D eigenvalue weighted by Crippen LogP contribution is 2.43. The average Bonchev–Trinajstić information content (AvgIpc) is 3.26. The Morgan fingerprint density at radius 1 is 0.643 bits per heavy atom. The van der Waals surface area contributed by atoms with E-state index >= 15 is 0 Å². The van der Waals surface area contributed by atoms with Crippen LogP contribution in [-0.2, 0) is 0 Å². The fourth-order valence-electron chi connectivity index (χ4n) is 4.96. The lowest BCUT2D eigenvalue weighted by atomic mass is 9.73. The highest BCUT2D eigenvalue weighted by atomic mass is 19.2. The lowest BCUT2D eigenvalue weighted by Crippen LogP contribution is -2.19. The topological polar surface area (TPSA) is 0 Å². The molecule has 0 spiro atoms. The van der Waals surface area contributed by atoms with E-state index in [1.165, 1.54) is 56.9 Å². The van der Waals surface area contributed by atoms with Crippen molar-refractivity contribution in [1.29, 1.82) is 0 Å². The largest absolute Gasteiger partial charge is 0.204 e. The Bertz CT molecular complexity index is 851. The van der Waals surface area contributed by atoms with Gasteiger partial charge in [-0.05, 0) is 73.3 Å². The predicted molar refractivity (Wildman–Crippen MR) is 105 cm³/mol. The lowest BCUT2D eigenvalue weighted by Gasteiger charge is -2.32. The van der Waals surface area contributed by atoms with Gasteiger partial charge in [0.1, 0.15) is 0 Å². The first-order chi connectivity index (χ1) is 13.6. The highest BCUT2D eigenvalue weighted by molar-refractivity contribution is 5.44. The second kappa shape index (κ2) is 8.43. The first-order valence-corrected chi connectivity index (χ1v) is 10.4. The first kappa shape index (κ1) is 19.1. The van der Waals surface area contributed by atoms with Crippen molar-refractivity contribution in [1.82, 2.24) is 0 Å². The third-order valence-corrected chi connectivity index (χ3v) is 6.56. The van der Waals surface area contributed by atoms with Crippen LogP contribution in [0.2, 0.25) is 0 Å². The molecule has 2 aliphatic rings. The molecular formula is C25H25F3. The number of hydrogen-bond acceptors (Lipinski definition) is 0. The van der Waals surface area contributed by atoms with Gasteiger partial charge in [-0.25, -0.2) is 13.2 Å². The minimum atomic E-state index is -1.46. The summed E-state index contributed by atoms with van der Waals surface area (Å²) in [5.74, 6) is 4.25. The Labute approximate surface area is 165 Å². The quantitative estimate of drug-likeness (QED) is 0.389. The van der Waals surface area contributed by atoms with E-state index in [0.29, 0.717) is 5.92 Å². The summed E-state index contributed by atoms with van der Waals surface area (Å²) in [6, 6.07) is 10.0. The molecule has 0 aromatic heterocycles. The van der Waals surface area contributed by atoms with Gasteiger partial charge in [-0.3, -0.25) is 0 Å². The van der Waals surface area contributed by atoms with Gasteiger partial charge in [0.25, 0.3) is 0 Å². The van der Waals surface area contributed by atoms with Gasteiger partial charge in [-0.15, -0.1) is 0 Å². The summed E-state index contributed by atoms with van der Waals surface area (Å²) in [5.41, 5.74) is 2.27. The normalized spacial score (nSPS) is 22.7. The van der Waals surface area contributed by atoms with Crippen LogP contribution in [0.5, 0.6) is 0 Å². The fourth-order valence-corrected chi connectivity index (χ4v) is 4.96. The average molecular weight is 382 g/mol. The van der Waals surface area contributed by atoms with Crippen molar-refractivity contribution < 1.29 is 13.2 Å². The third kappa shape index (κ3) is 4.27. The van der Waals surface area contributed by atoms with E-state index in [1.807, 2.05) is 12.1 Å². The van der Waals surface area contributed by atoms with Crippen LogP contribution in [0.4, 0.5) is 13.2 Å². The van der Waals surface area contributed by atoms with E-state index in [-0.39, 0.29) is 5.56 Å². The number of benzene rings is 2. The van der Waals surface area contributed by atoms with Crippen molar-refractivity contribution in [2.75, 3.05) is 0 Å². The number of halogens is 3. The number of hydrogen-bond donors (Lipinski definition) is 0. The zero-order valence-electron chi connectivity index (χ0n) is 16.0. The monoisotopic (exact) mass is 382 g/mol. The maximum absolute atomic E-state index is 13.3. The number of rotatable bonds is 2. The second-order valence-electron chi connectivity index (χ2n) is 8.28. The Kier molecular flexibility index (Phi) is 5.76. The summed E-state index contributed by atoms with van der Waals surface area (Å²) in [5, 5.41) is 0. The summed E-state index contributed by atoms with van der Waals surface area (Å²) >= 11 is 0. The van der Waals surface area contributed by atoms with Gasteiger partial charge in [0.05, 0.1) is 0 Å². The minimum absolute atomic E-state index is 0.130. The van der Waals surface area contributed by atoms with Crippen LogP contribution in [0.15, 0.2) is 36.4 Å². The van der Waals surface area contributed by atoms with Crippen molar-refractivity contribution in [3.63, 3.8) is 0 Å². The molecule has 28 heavy (non-hydrogen) atoms. The van der Waals surface area contributed by atoms with Crippen molar-refractivity contribution in [2.24, 2.45) is 11.8 Å². The van der Waals surface area contributed by atoms with E-state index in [1.54, 1.807) is 0 Å². The van der Waals surface area contributed by atoms with Crippen molar-refractivity contribution in [2.45, 2.75) is 57.3 Å². The summed E-state index contributed by atoms with van der Waals surface area (Å²) < 4.78 is 39.5. The molecule has 0 atom stereocenters. The van der Waals surface area contributed by atoms with E-state index in [0.717, 1.165) is 29.5 Å². The summed E-state index contributed by atoms with van der Waals surface area (Å²) in [6.45, 7) is 0. The molecule has 4 rings (SSSR count). The minimum Gasteiger partial charge on any atom is -0.204 e. The maximum atomic E-state index is 13.3. The van der Waals surface area contributed by atoms with Crippen molar-refractivity contribution in [3.05, 3.63) is 70.5 Å². The van der Waals surface area contributed by atoms with Gasteiger partial charge in [0.15, 0.2) is 17.5 Å². The van der Waals surface area contributed by atoms with Crippen LogP contribution in [-0.4, -0.2) is 0 Å².